The molecule has 2 heterocycles. The number of carbonyl (C=O) groups is 2. The fourth-order valence-electron chi connectivity index (χ4n) is 3.26. The van der Waals surface area contributed by atoms with Gasteiger partial charge in [0.2, 0.25) is 0 Å². The number of aliphatic hydroxyl groups excluding tert-OH is 2. The van der Waals surface area contributed by atoms with Crippen LogP contribution in [0.5, 0.6) is 5.75 Å². The highest BCUT2D eigenvalue weighted by molar-refractivity contribution is 6.09. The van der Waals surface area contributed by atoms with Gasteiger partial charge in [-0.05, 0) is 49.1 Å². The maximum Gasteiger partial charge on any atom is 0.273 e. The zero-order valence-corrected chi connectivity index (χ0v) is 18.9. The number of rotatable bonds is 9. The van der Waals surface area contributed by atoms with Crippen LogP contribution < -0.4 is 10.6 Å². The third-order valence-electron chi connectivity index (χ3n) is 5.24. The number of fused-ring (bicyclic) bond motifs is 1. The van der Waals surface area contributed by atoms with E-state index in [1.165, 1.54) is 18.3 Å². The van der Waals surface area contributed by atoms with E-state index in [4.69, 9.17) is 0 Å². The molecule has 0 radical (unpaired) electrons. The monoisotopic (exact) mass is 470 g/mol. The molecule has 180 valence electrons. The second kappa shape index (κ2) is 11.0. The van der Waals surface area contributed by atoms with Crippen LogP contribution in [-0.4, -0.2) is 62.4 Å². The number of aromatic nitrogens is 2. The molecule has 0 fully saturated rings. The Labute approximate surface area is 195 Å². The van der Waals surface area contributed by atoms with Crippen molar-refractivity contribution in [1.29, 1.82) is 0 Å². The van der Waals surface area contributed by atoms with Crippen LogP contribution in [0, 0.1) is 5.82 Å². The zero-order valence-electron chi connectivity index (χ0n) is 18.9. The van der Waals surface area contributed by atoms with Crippen molar-refractivity contribution in [3.8, 4) is 5.75 Å². The molecule has 0 bridgehead atoms. The lowest BCUT2D eigenvalue weighted by Gasteiger charge is -2.15. The van der Waals surface area contributed by atoms with Crippen molar-refractivity contribution in [3.05, 3.63) is 64.9 Å². The first-order valence-corrected chi connectivity index (χ1v) is 10.9. The topological polar surface area (TPSA) is 145 Å². The van der Waals surface area contributed by atoms with Crippen LogP contribution in [0.3, 0.4) is 0 Å². The first-order chi connectivity index (χ1) is 16.2. The van der Waals surface area contributed by atoms with Gasteiger partial charge in [-0.2, -0.15) is 0 Å². The Hall–Kier alpha value is -3.63. The molecule has 0 aliphatic heterocycles. The quantitative estimate of drug-likeness (QED) is 0.320. The number of hydrogen-bond donors (Lipinski definition) is 5. The molecule has 2 aromatic heterocycles. The first kappa shape index (κ1) is 25.0. The first-order valence-electron chi connectivity index (χ1n) is 10.9. The van der Waals surface area contributed by atoms with E-state index in [9.17, 15) is 29.3 Å². The number of hydrogen-bond acceptors (Lipinski definition) is 7. The SMILES string of the molecule is CCC(O)CNC(=O)c1nc(C(=O)NC(C)CO)c2cc(Cc3ccc(F)cc3)cnc2c1O. The molecule has 3 rings (SSSR count). The third kappa shape index (κ3) is 5.83. The van der Waals surface area contributed by atoms with E-state index in [1.54, 1.807) is 32.0 Å². The normalized spacial score (nSPS) is 12.9. The second-order valence-electron chi connectivity index (χ2n) is 8.03. The Kier molecular flexibility index (Phi) is 8.08. The van der Waals surface area contributed by atoms with Crippen molar-refractivity contribution in [1.82, 2.24) is 20.6 Å². The van der Waals surface area contributed by atoms with Gasteiger partial charge in [0.15, 0.2) is 11.4 Å². The average molecular weight is 471 g/mol. The Morgan fingerprint density at radius 2 is 1.82 bits per heavy atom. The van der Waals surface area contributed by atoms with Gasteiger partial charge in [-0.1, -0.05) is 19.1 Å². The molecule has 0 aliphatic rings. The summed E-state index contributed by atoms with van der Waals surface area (Å²) in [6.07, 6.45) is 1.52. The Morgan fingerprint density at radius 1 is 1.12 bits per heavy atom. The van der Waals surface area contributed by atoms with Crippen LogP contribution in [0.25, 0.3) is 10.9 Å². The van der Waals surface area contributed by atoms with E-state index >= 15 is 0 Å². The summed E-state index contributed by atoms with van der Waals surface area (Å²) in [4.78, 5) is 34.0. The van der Waals surface area contributed by atoms with E-state index in [-0.39, 0.29) is 35.6 Å². The van der Waals surface area contributed by atoms with Gasteiger partial charge in [0.1, 0.15) is 17.0 Å². The number of amides is 2. The summed E-state index contributed by atoms with van der Waals surface area (Å²) in [7, 11) is 0. The van der Waals surface area contributed by atoms with E-state index < -0.39 is 35.4 Å². The maximum atomic E-state index is 13.2. The molecule has 0 saturated carbocycles. The van der Waals surface area contributed by atoms with Crippen molar-refractivity contribution < 1.29 is 29.3 Å². The molecule has 1 aromatic carbocycles. The molecule has 10 heteroatoms. The smallest absolute Gasteiger partial charge is 0.273 e. The van der Waals surface area contributed by atoms with Gasteiger partial charge in [-0.3, -0.25) is 14.6 Å². The van der Waals surface area contributed by atoms with Crippen molar-refractivity contribution in [2.24, 2.45) is 0 Å². The molecule has 0 spiro atoms. The molecular formula is C24H27FN4O5. The van der Waals surface area contributed by atoms with Crippen LogP contribution >= 0.6 is 0 Å². The number of aliphatic hydroxyl groups is 2. The predicted octanol–water partition coefficient (Wildman–Crippen LogP) is 1.68. The number of nitrogens with zero attached hydrogens (tertiary/aromatic N) is 2. The Balaban J connectivity index is 2.06. The zero-order chi connectivity index (χ0) is 24.8. The molecule has 0 saturated heterocycles. The summed E-state index contributed by atoms with van der Waals surface area (Å²) < 4.78 is 13.2. The largest absolute Gasteiger partial charge is 0.504 e. The molecular weight excluding hydrogens is 443 g/mol. The lowest BCUT2D eigenvalue weighted by Crippen LogP contribution is -2.36. The minimum absolute atomic E-state index is 0.000785. The number of nitrogens with one attached hydrogen (secondary N) is 2. The van der Waals surface area contributed by atoms with Crippen molar-refractivity contribution in [3.63, 3.8) is 0 Å². The molecule has 5 N–H and O–H groups in total. The second-order valence-corrected chi connectivity index (χ2v) is 8.03. The lowest BCUT2D eigenvalue weighted by molar-refractivity contribution is 0.0904. The number of aromatic hydroxyl groups is 1. The minimum Gasteiger partial charge on any atom is -0.504 e. The number of halogens is 1. The van der Waals surface area contributed by atoms with Gasteiger partial charge in [0.25, 0.3) is 11.8 Å². The molecule has 9 nitrogen and oxygen atoms in total. The summed E-state index contributed by atoms with van der Waals surface area (Å²) in [5, 5.41) is 35.0. The fourth-order valence-corrected chi connectivity index (χ4v) is 3.26. The Morgan fingerprint density at radius 3 is 2.47 bits per heavy atom. The summed E-state index contributed by atoms with van der Waals surface area (Å²) in [6.45, 7) is 2.99. The molecule has 2 amide bonds. The minimum atomic E-state index is -0.771. The number of carbonyl (C=O) groups excluding carboxylic acids is 2. The molecule has 0 aliphatic carbocycles. The van der Waals surface area contributed by atoms with Crippen LogP contribution in [0.1, 0.15) is 52.4 Å². The van der Waals surface area contributed by atoms with Crippen molar-refractivity contribution in [2.45, 2.75) is 38.8 Å². The Bertz CT molecular complexity index is 1190. The van der Waals surface area contributed by atoms with E-state index in [0.29, 0.717) is 18.4 Å². The molecule has 3 aromatic rings. The van der Waals surface area contributed by atoms with Gasteiger partial charge >= 0.3 is 0 Å². The lowest BCUT2D eigenvalue weighted by atomic mass is 10.0. The van der Waals surface area contributed by atoms with Crippen molar-refractivity contribution in [2.75, 3.05) is 13.2 Å². The van der Waals surface area contributed by atoms with Gasteiger partial charge < -0.3 is 26.0 Å². The maximum absolute atomic E-state index is 13.2. The van der Waals surface area contributed by atoms with Crippen molar-refractivity contribution >= 4 is 22.7 Å². The van der Waals surface area contributed by atoms with Gasteiger partial charge in [0, 0.05) is 24.2 Å². The van der Waals surface area contributed by atoms with Gasteiger partial charge in [0.05, 0.1) is 12.7 Å². The van der Waals surface area contributed by atoms with E-state index in [0.717, 1.165) is 5.56 Å². The van der Waals surface area contributed by atoms with E-state index in [1.807, 2.05) is 0 Å². The third-order valence-corrected chi connectivity index (χ3v) is 5.24. The standard InChI is InChI=1S/C24H27FN4O5/c1-3-17(31)11-27-23(33)21-22(32)19-18(20(29-21)24(34)28-13(2)12-30)9-15(10-26-19)8-14-4-6-16(25)7-5-14/h4-7,9-10,13,17,30-32H,3,8,11-12H2,1-2H3,(H,27,33)(H,28,34). The van der Waals surface area contributed by atoms with Crippen LogP contribution in [0.15, 0.2) is 36.5 Å². The highest BCUT2D eigenvalue weighted by atomic mass is 19.1. The molecule has 34 heavy (non-hydrogen) atoms. The molecule has 2 atom stereocenters. The van der Waals surface area contributed by atoms with Crippen LogP contribution in [0.4, 0.5) is 4.39 Å². The highest BCUT2D eigenvalue weighted by Gasteiger charge is 2.24. The summed E-state index contributed by atoms with van der Waals surface area (Å²) in [5.74, 6) is -2.29. The summed E-state index contributed by atoms with van der Waals surface area (Å²) in [6, 6.07) is 6.98. The van der Waals surface area contributed by atoms with Crippen LogP contribution in [0.2, 0.25) is 0 Å². The van der Waals surface area contributed by atoms with Gasteiger partial charge in [-0.15, -0.1) is 0 Å². The molecule has 2 unspecified atom stereocenters. The number of pyridine rings is 2. The average Bonchev–Trinajstić information content (AvgIpc) is 2.83. The highest BCUT2D eigenvalue weighted by Crippen LogP contribution is 2.29. The number of benzene rings is 1. The fraction of sp³-hybridized carbons (Fsp3) is 0.333. The predicted molar refractivity (Wildman–Crippen MR) is 123 cm³/mol. The summed E-state index contributed by atoms with van der Waals surface area (Å²) in [5.41, 5.74) is 0.929. The summed E-state index contributed by atoms with van der Waals surface area (Å²) >= 11 is 0. The van der Waals surface area contributed by atoms with E-state index in [2.05, 4.69) is 20.6 Å². The van der Waals surface area contributed by atoms with Gasteiger partial charge in [-0.25, -0.2) is 9.37 Å². The van der Waals surface area contributed by atoms with Crippen LogP contribution in [-0.2, 0) is 6.42 Å².